The number of ether oxygens (including phenoxy) is 1. The summed E-state index contributed by atoms with van der Waals surface area (Å²) in [4.78, 5) is 12.4. The second-order valence-electron chi connectivity index (χ2n) is 4.47. The molecule has 1 aromatic heterocycles. The number of aromatic nitrogens is 2. The third-order valence-electron chi connectivity index (χ3n) is 3.22. The van der Waals surface area contributed by atoms with Crippen LogP contribution in [-0.4, -0.2) is 47.6 Å². The SMILES string of the molecule is COCc1nnc(N2CCC(C(=O)O)(C(F)(F)F)C2)s1. The number of carboxylic acids is 1. The Morgan fingerprint density at radius 1 is 1.55 bits per heavy atom. The van der Waals surface area contributed by atoms with Crippen LogP contribution in [0.5, 0.6) is 0 Å². The number of carboxylic acid groups (broad SMARTS) is 1. The molecule has 1 unspecified atom stereocenters. The van der Waals surface area contributed by atoms with Crippen LogP contribution < -0.4 is 4.90 Å². The van der Waals surface area contributed by atoms with Gasteiger partial charge in [-0.2, -0.15) is 13.2 Å². The number of methoxy groups -OCH3 is 1. The second-order valence-corrected chi connectivity index (χ2v) is 5.51. The number of halogens is 3. The molecule has 0 spiro atoms. The highest BCUT2D eigenvalue weighted by atomic mass is 32.1. The van der Waals surface area contributed by atoms with Crippen LogP contribution in [0.1, 0.15) is 11.4 Å². The largest absolute Gasteiger partial charge is 0.481 e. The zero-order valence-electron chi connectivity index (χ0n) is 10.5. The molecule has 112 valence electrons. The molecule has 1 aromatic rings. The maximum Gasteiger partial charge on any atom is 0.406 e. The maximum atomic E-state index is 13.0. The van der Waals surface area contributed by atoms with Crippen molar-refractivity contribution in [1.29, 1.82) is 0 Å². The van der Waals surface area contributed by atoms with E-state index in [0.29, 0.717) is 5.01 Å². The van der Waals surface area contributed by atoms with E-state index in [0.717, 1.165) is 11.3 Å². The first-order valence-electron chi connectivity index (χ1n) is 5.66. The van der Waals surface area contributed by atoms with E-state index in [1.54, 1.807) is 0 Å². The number of alkyl halides is 3. The normalized spacial score (nSPS) is 23.3. The summed E-state index contributed by atoms with van der Waals surface area (Å²) < 4.78 is 43.9. The van der Waals surface area contributed by atoms with Crippen molar-refractivity contribution in [2.24, 2.45) is 5.41 Å². The van der Waals surface area contributed by atoms with Crippen LogP contribution in [0.25, 0.3) is 0 Å². The van der Waals surface area contributed by atoms with Gasteiger partial charge in [-0.25, -0.2) is 0 Å². The Morgan fingerprint density at radius 2 is 2.25 bits per heavy atom. The van der Waals surface area contributed by atoms with E-state index >= 15 is 0 Å². The first-order valence-corrected chi connectivity index (χ1v) is 6.48. The number of nitrogens with zero attached hydrogens (tertiary/aromatic N) is 3. The van der Waals surface area contributed by atoms with E-state index in [9.17, 15) is 18.0 Å². The zero-order chi connectivity index (χ0) is 15.0. The molecule has 0 saturated carbocycles. The molecular weight excluding hydrogens is 299 g/mol. The number of hydrogen-bond acceptors (Lipinski definition) is 6. The summed E-state index contributed by atoms with van der Waals surface area (Å²) in [5.41, 5.74) is -2.74. The fourth-order valence-electron chi connectivity index (χ4n) is 2.05. The summed E-state index contributed by atoms with van der Waals surface area (Å²) in [6.45, 7) is -0.449. The highest BCUT2D eigenvalue weighted by Gasteiger charge is 2.64. The van der Waals surface area contributed by atoms with Crippen molar-refractivity contribution in [1.82, 2.24) is 10.2 Å². The van der Waals surface area contributed by atoms with Gasteiger partial charge in [0.05, 0.1) is 0 Å². The lowest BCUT2D eigenvalue weighted by atomic mass is 9.86. The lowest BCUT2D eigenvalue weighted by Gasteiger charge is -2.26. The van der Waals surface area contributed by atoms with Gasteiger partial charge in [-0.05, 0) is 6.42 Å². The van der Waals surface area contributed by atoms with Crippen molar-refractivity contribution >= 4 is 22.4 Å². The smallest absolute Gasteiger partial charge is 0.406 e. The molecular formula is C10H12F3N3O3S. The van der Waals surface area contributed by atoms with Gasteiger partial charge in [0.1, 0.15) is 11.6 Å². The molecule has 2 heterocycles. The van der Waals surface area contributed by atoms with E-state index in [1.807, 2.05) is 0 Å². The van der Waals surface area contributed by atoms with Gasteiger partial charge >= 0.3 is 12.1 Å². The van der Waals surface area contributed by atoms with Crippen molar-refractivity contribution in [3.8, 4) is 0 Å². The van der Waals surface area contributed by atoms with Crippen molar-refractivity contribution in [2.75, 3.05) is 25.1 Å². The maximum absolute atomic E-state index is 13.0. The Hall–Kier alpha value is -1.42. The summed E-state index contributed by atoms with van der Waals surface area (Å²) >= 11 is 1.10. The molecule has 1 N–H and O–H groups in total. The van der Waals surface area contributed by atoms with Crippen LogP contribution in [0.15, 0.2) is 0 Å². The third-order valence-corrected chi connectivity index (χ3v) is 4.17. The number of aliphatic carboxylic acids is 1. The average molecular weight is 311 g/mol. The predicted octanol–water partition coefficient (Wildman–Crippen LogP) is 1.53. The van der Waals surface area contributed by atoms with E-state index in [-0.39, 0.29) is 18.3 Å². The minimum atomic E-state index is -4.80. The highest BCUT2D eigenvalue weighted by Crippen LogP contribution is 2.46. The number of anilines is 1. The van der Waals surface area contributed by atoms with Gasteiger partial charge in [-0.1, -0.05) is 11.3 Å². The van der Waals surface area contributed by atoms with Crippen LogP contribution in [0.4, 0.5) is 18.3 Å². The number of carbonyl (C=O) groups is 1. The van der Waals surface area contributed by atoms with E-state index in [2.05, 4.69) is 10.2 Å². The molecule has 2 rings (SSSR count). The van der Waals surface area contributed by atoms with Gasteiger partial charge in [0.2, 0.25) is 5.13 Å². The van der Waals surface area contributed by atoms with E-state index < -0.39 is 30.5 Å². The van der Waals surface area contributed by atoms with Crippen LogP contribution in [0.2, 0.25) is 0 Å². The lowest BCUT2D eigenvalue weighted by molar-refractivity contribution is -0.225. The molecule has 1 fully saturated rings. The van der Waals surface area contributed by atoms with Crippen LogP contribution in [0.3, 0.4) is 0 Å². The zero-order valence-corrected chi connectivity index (χ0v) is 11.3. The summed E-state index contributed by atoms with van der Waals surface area (Å²) in [5, 5.41) is 17.3. The highest BCUT2D eigenvalue weighted by molar-refractivity contribution is 7.15. The molecule has 20 heavy (non-hydrogen) atoms. The van der Waals surface area contributed by atoms with Crippen LogP contribution in [0, 0.1) is 5.41 Å². The number of rotatable bonds is 4. The molecule has 0 aliphatic carbocycles. The van der Waals surface area contributed by atoms with Gasteiger partial charge in [0.15, 0.2) is 5.41 Å². The molecule has 6 nitrogen and oxygen atoms in total. The van der Waals surface area contributed by atoms with Gasteiger partial charge in [0.25, 0.3) is 0 Å². The standard InChI is InChI=1S/C10H12F3N3O3S/c1-19-4-6-14-15-8(20-6)16-3-2-9(5-16,7(17)18)10(11,12)13/h2-5H2,1H3,(H,17,18). The Morgan fingerprint density at radius 3 is 2.75 bits per heavy atom. The summed E-state index contributed by atoms with van der Waals surface area (Å²) in [5.74, 6) is -1.85. The van der Waals surface area contributed by atoms with Crippen molar-refractivity contribution in [2.45, 2.75) is 19.2 Å². The second kappa shape index (κ2) is 5.17. The van der Waals surface area contributed by atoms with Gasteiger partial charge in [0, 0.05) is 20.2 Å². The first kappa shape index (κ1) is 15.0. The minimum Gasteiger partial charge on any atom is -0.481 e. The molecule has 1 atom stereocenters. The molecule has 0 bridgehead atoms. The van der Waals surface area contributed by atoms with Crippen LogP contribution in [-0.2, 0) is 16.1 Å². The Bertz CT molecular complexity index is 507. The van der Waals surface area contributed by atoms with Gasteiger partial charge < -0.3 is 14.7 Å². The summed E-state index contributed by atoms with van der Waals surface area (Å²) in [6.07, 6.45) is -5.29. The van der Waals surface area contributed by atoms with Crippen molar-refractivity contribution < 1.29 is 27.8 Å². The topological polar surface area (TPSA) is 75.6 Å². The molecule has 1 saturated heterocycles. The fraction of sp³-hybridized carbons (Fsp3) is 0.700. The Balaban J connectivity index is 2.20. The molecule has 10 heteroatoms. The molecule has 1 aliphatic rings. The molecule has 1 aliphatic heterocycles. The van der Waals surface area contributed by atoms with Gasteiger partial charge in [-0.3, -0.25) is 4.79 Å². The van der Waals surface area contributed by atoms with Crippen LogP contribution >= 0.6 is 11.3 Å². The lowest BCUT2D eigenvalue weighted by Crippen LogP contribution is -2.47. The monoisotopic (exact) mass is 311 g/mol. The molecule has 0 radical (unpaired) electrons. The van der Waals surface area contributed by atoms with Crippen molar-refractivity contribution in [3.05, 3.63) is 5.01 Å². The fourth-order valence-corrected chi connectivity index (χ4v) is 2.89. The molecule has 0 amide bonds. The summed E-state index contributed by atoms with van der Waals surface area (Å²) in [6, 6.07) is 0. The van der Waals surface area contributed by atoms with E-state index in [4.69, 9.17) is 9.84 Å². The predicted molar refractivity (Wildman–Crippen MR) is 63.6 cm³/mol. The Kier molecular flexibility index (Phi) is 3.87. The number of hydrogen-bond donors (Lipinski definition) is 1. The summed E-state index contributed by atoms with van der Waals surface area (Å²) in [7, 11) is 1.47. The minimum absolute atomic E-state index is 0.0204. The van der Waals surface area contributed by atoms with Crippen molar-refractivity contribution in [3.63, 3.8) is 0 Å². The quantitative estimate of drug-likeness (QED) is 0.909. The Labute approximate surface area is 116 Å². The third kappa shape index (κ3) is 2.44. The first-order chi connectivity index (χ1) is 9.30. The van der Waals surface area contributed by atoms with Gasteiger partial charge in [-0.15, -0.1) is 10.2 Å². The molecule has 0 aromatic carbocycles. The van der Waals surface area contributed by atoms with E-state index in [1.165, 1.54) is 12.0 Å². The average Bonchev–Trinajstić information content (AvgIpc) is 2.93.